The van der Waals surface area contributed by atoms with Gasteiger partial charge in [-0.15, -0.1) is 0 Å². The molecule has 0 radical (unpaired) electrons. The largest absolute Gasteiger partial charge is 0.478 e. The Morgan fingerprint density at radius 3 is 2.67 bits per heavy atom. The SMILES string of the molecule is CC(C)(C)OC(=O)N1CCc2c(cnc(N)c2C(=O)O)C1. The van der Waals surface area contributed by atoms with E-state index in [-0.39, 0.29) is 17.9 Å². The van der Waals surface area contributed by atoms with Crippen molar-refractivity contribution in [2.75, 3.05) is 12.3 Å². The minimum absolute atomic E-state index is 0.00645. The first-order valence-corrected chi connectivity index (χ1v) is 6.66. The van der Waals surface area contributed by atoms with Gasteiger partial charge in [0.25, 0.3) is 0 Å². The monoisotopic (exact) mass is 293 g/mol. The molecule has 1 aromatic heterocycles. The van der Waals surface area contributed by atoms with Crippen LogP contribution in [0.1, 0.15) is 42.3 Å². The van der Waals surface area contributed by atoms with Crippen molar-refractivity contribution in [1.29, 1.82) is 0 Å². The zero-order chi connectivity index (χ0) is 15.8. The van der Waals surface area contributed by atoms with E-state index in [1.54, 1.807) is 20.8 Å². The van der Waals surface area contributed by atoms with Gasteiger partial charge in [0.1, 0.15) is 17.0 Å². The van der Waals surface area contributed by atoms with Crippen LogP contribution in [0.15, 0.2) is 6.20 Å². The molecule has 0 fully saturated rings. The average molecular weight is 293 g/mol. The number of hydrogen-bond acceptors (Lipinski definition) is 5. The quantitative estimate of drug-likeness (QED) is 0.815. The Morgan fingerprint density at radius 1 is 1.43 bits per heavy atom. The summed E-state index contributed by atoms with van der Waals surface area (Å²) in [5.41, 5.74) is 6.44. The lowest BCUT2D eigenvalue weighted by Gasteiger charge is -2.31. The minimum Gasteiger partial charge on any atom is -0.478 e. The zero-order valence-electron chi connectivity index (χ0n) is 12.3. The second kappa shape index (κ2) is 5.23. The van der Waals surface area contributed by atoms with E-state index in [1.165, 1.54) is 11.1 Å². The van der Waals surface area contributed by atoms with E-state index in [2.05, 4.69) is 4.98 Å². The molecule has 0 bridgehead atoms. The van der Waals surface area contributed by atoms with Gasteiger partial charge in [-0.25, -0.2) is 14.6 Å². The van der Waals surface area contributed by atoms with Gasteiger partial charge in [-0.05, 0) is 38.3 Å². The number of nitrogen functional groups attached to an aromatic ring is 1. The summed E-state index contributed by atoms with van der Waals surface area (Å²) in [6.45, 7) is 6.07. The maximum atomic E-state index is 12.1. The second-order valence-electron chi connectivity index (χ2n) is 5.98. The highest BCUT2D eigenvalue weighted by Gasteiger charge is 2.29. The fraction of sp³-hybridized carbons (Fsp3) is 0.500. The molecule has 0 saturated carbocycles. The topological polar surface area (TPSA) is 106 Å². The molecule has 21 heavy (non-hydrogen) atoms. The summed E-state index contributed by atoms with van der Waals surface area (Å²) in [7, 11) is 0. The van der Waals surface area contributed by atoms with Crippen LogP contribution in [-0.4, -0.2) is 39.2 Å². The second-order valence-corrected chi connectivity index (χ2v) is 5.98. The van der Waals surface area contributed by atoms with Crippen LogP contribution in [0.2, 0.25) is 0 Å². The Labute approximate surface area is 122 Å². The molecule has 0 aromatic carbocycles. The molecule has 3 N–H and O–H groups in total. The number of pyridine rings is 1. The van der Waals surface area contributed by atoms with Gasteiger partial charge in [0.15, 0.2) is 0 Å². The Balaban J connectivity index is 2.24. The smallest absolute Gasteiger partial charge is 0.410 e. The third kappa shape index (κ3) is 3.24. The maximum absolute atomic E-state index is 12.1. The number of nitrogens with zero attached hydrogens (tertiary/aromatic N) is 2. The van der Waals surface area contributed by atoms with Gasteiger partial charge >= 0.3 is 12.1 Å². The third-order valence-electron chi connectivity index (χ3n) is 3.16. The predicted molar refractivity (Wildman–Crippen MR) is 76.0 cm³/mol. The average Bonchev–Trinajstić information content (AvgIpc) is 2.35. The van der Waals surface area contributed by atoms with Crippen LogP contribution < -0.4 is 5.73 Å². The number of carboxylic acids is 1. The molecule has 1 aromatic rings. The number of fused-ring (bicyclic) bond motifs is 1. The summed E-state index contributed by atoms with van der Waals surface area (Å²) in [6.07, 6.45) is 1.53. The van der Waals surface area contributed by atoms with Gasteiger partial charge in [-0.3, -0.25) is 0 Å². The van der Waals surface area contributed by atoms with Crippen molar-refractivity contribution in [2.24, 2.45) is 0 Å². The van der Waals surface area contributed by atoms with Crippen molar-refractivity contribution < 1.29 is 19.4 Å². The number of ether oxygens (including phenoxy) is 1. The molecule has 2 heterocycles. The van der Waals surface area contributed by atoms with Crippen LogP contribution in [0.3, 0.4) is 0 Å². The number of carboxylic acid groups (broad SMARTS) is 1. The number of anilines is 1. The van der Waals surface area contributed by atoms with Crippen molar-refractivity contribution >= 4 is 17.9 Å². The molecule has 114 valence electrons. The Hall–Kier alpha value is -2.31. The van der Waals surface area contributed by atoms with Crippen LogP contribution in [0.25, 0.3) is 0 Å². The van der Waals surface area contributed by atoms with Crippen LogP contribution in [-0.2, 0) is 17.7 Å². The van der Waals surface area contributed by atoms with E-state index in [1.807, 2.05) is 0 Å². The molecule has 7 heteroatoms. The molecular weight excluding hydrogens is 274 g/mol. The fourth-order valence-corrected chi connectivity index (χ4v) is 2.28. The molecule has 1 aliphatic heterocycles. The van der Waals surface area contributed by atoms with Gasteiger partial charge < -0.3 is 20.5 Å². The third-order valence-corrected chi connectivity index (χ3v) is 3.16. The summed E-state index contributed by atoms with van der Waals surface area (Å²) < 4.78 is 5.32. The predicted octanol–water partition coefficient (Wildman–Crippen LogP) is 1.66. The normalized spacial score (nSPS) is 14.5. The molecule has 0 aliphatic carbocycles. The molecular formula is C14H19N3O4. The molecule has 0 atom stereocenters. The van der Waals surface area contributed by atoms with Crippen LogP contribution in [0.5, 0.6) is 0 Å². The van der Waals surface area contributed by atoms with Crippen molar-refractivity contribution in [2.45, 2.75) is 39.3 Å². The van der Waals surface area contributed by atoms with Gasteiger partial charge in [0.2, 0.25) is 0 Å². The fourth-order valence-electron chi connectivity index (χ4n) is 2.28. The van der Waals surface area contributed by atoms with E-state index in [4.69, 9.17) is 10.5 Å². The van der Waals surface area contributed by atoms with Crippen LogP contribution in [0, 0.1) is 0 Å². The standard InChI is InChI=1S/C14H19N3O4/c1-14(2,3)21-13(20)17-5-4-9-8(7-17)6-16-11(15)10(9)12(18)19/h6H,4-5,7H2,1-3H3,(H2,15,16)(H,18,19). The summed E-state index contributed by atoms with van der Waals surface area (Å²) in [5, 5.41) is 9.22. The first-order chi connectivity index (χ1) is 9.69. The van der Waals surface area contributed by atoms with E-state index in [0.29, 0.717) is 24.1 Å². The van der Waals surface area contributed by atoms with E-state index in [9.17, 15) is 14.7 Å². The summed E-state index contributed by atoms with van der Waals surface area (Å²) in [4.78, 5) is 28.8. The van der Waals surface area contributed by atoms with Crippen molar-refractivity contribution in [3.8, 4) is 0 Å². The van der Waals surface area contributed by atoms with E-state index >= 15 is 0 Å². The number of carbonyl (C=O) groups excluding carboxylic acids is 1. The van der Waals surface area contributed by atoms with Gasteiger partial charge in [-0.1, -0.05) is 0 Å². The first-order valence-electron chi connectivity index (χ1n) is 6.66. The molecule has 0 unspecified atom stereocenters. The number of aromatic nitrogens is 1. The molecule has 1 aliphatic rings. The van der Waals surface area contributed by atoms with Gasteiger partial charge in [-0.2, -0.15) is 0 Å². The highest BCUT2D eigenvalue weighted by molar-refractivity contribution is 5.94. The lowest BCUT2D eigenvalue weighted by molar-refractivity contribution is 0.0223. The summed E-state index contributed by atoms with van der Waals surface area (Å²) in [6, 6.07) is 0. The number of rotatable bonds is 1. The Kier molecular flexibility index (Phi) is 3.76. The highest BCUT2D eigenvalue weighted by atomic mass is 16.6. The summed E-state index contributed by atoms with van der Waals surface area (Å²) >= 11 is 0. The minimum atomic E-state index is -1.09. The molecule has 7 nitrogen and oxygen atoms in total. The maximum Gasteiger partial charge on any atom is 0.410 e. The highest BCUT2D eigenvalue weighted by Crippen LogP contribution is 2.26. The zero-order valence-corrected chi connectivity index (χ0v) is 12.3. The van der Waals surface area contributed by atoms with E-state index < -0.39 is 17.7 Å². The lowest BCUT2D eigenvalue weighted by Crippen LogP contribution is -2.40. The molecule has 1 amide bonds. The number of carbonyl (C=O) groups is 2. The molecule has 0 spiro atoms. The Morgan fingerprint density at radius 2 is 2.10 bits per heavy atom. The van der Waals surface area contributed by atoms with Crippen molar-refractivity contribution in [3.05, 3.63) is 22.9 Å². The van der Waals surface area contributed by atoms with Crippen LogP contribution in [0.4, 0.5) is 10.6 Å². The van der Waals surface area contributed by atoms with E-state index in [0.717, 1.165) is 0 Å². The number of amides is 1. The summed E-state index contributed by atoms with van der Waals surface area (Å²) in [5.74, 6) is -1.09. The lowest BCUT2D eigenvalue weighted by atomic mass is 9.96. The number of hydrogen-bond donors (Lipinski definition) is 2. The Bertz CT molecular complexity index is 593. The van der Waals surface area contributed by atoms with Crippen LogP contribution >= 0.6 is 0 Å². The van der Waals surface area contributed by atoms with Gasteiger partial charge in [0, 0.05) is 12.7 Å². The number of nitrogens with two attached hydrogens (primary N) is 1. The first kappa shape index (κ1) is 15.1. The molecule has 0 saturated heterocycles. The van der Waals surface area contributed by atoms with Crippen molar-refractivity contribution in [3.63, 3.8) is 0 Å². The van der Waals surface area contributed by atoms with Crippen molar-refractivity contribution in [1.82, 2.24) is 9.88 Å². The molecule has 2 rings (SSSR count). The van der Waals surface area contributed by atoms with Gasteiger partial charge in [0.05, 0.1) is 6.54 Å². The number of aromatic carboxylic acids is 1.